The number of hydrogen-bond acceptors (Lipinski definition) is 6. The van der Waals surface area contributed by atoms with Crippen LogP contribution in [0.5, 0.6) is 0 Å². The first kappa shape index (κ1) is 18.3. The lowest BCUT2D eigenvalue weighted by Crippen LogP contribution is -2.10. The number of aromatic nitrogens is 4. The second-order valence-corrected chi connectivity index (χ2v) is 6.66. The smallest absolute Gasteiger partial charge is 0.153 e. The van der Waals surface area contributed by atoms with Gasteiger partial charge in [-0.05, 0) is 25.8 Å². The first-order valence-corrected chi connectivity index (χ1v) is 9.06. The van der Waals surface area contributed by atoms with Crippen LogP contribution >= 0.6 is 0 Å². The van der Waals surface area contributed by atoms with Crippen molar-refractivity contribution < 1.29 is 13.5 Å². The SMILES string of the molecule is CC(Nc1cc(Nc2cc(C3CCCO3)[nH]n2)ncn1)c1ccc(F)cc1F. The third kappa shape index (κ3) is 4.09. The highest BCUT2D eigenvalue weighted by Gasteiger charge is 2.20. The van der Waals surface area contributed by atoms with Gasteiger partial charge in [-0.1, -0.05) is 6.07 Å². The van der Waals surface area contributed by atoms with Crippen molar-refractivity contribution in [3.05, 3.63) is 59.6 Å². The zero-order valence-corrected chi connectivity index (χ0v) is 15.2. The van der Waals surface area contributed by atoms with E-state index in [0.717, 1.165) is 31.2 Å². The average molecular weight is 386 g/mol. The largest absolute Gasteiger partial charge is 0.372 e. The van der Waals surface area contributed by atoms with E-state index in [9.17, 15) is 8.78 Å². The van der Waals surface area contributed by atoms with Crippen molar-refractivity contribution in [2.24, 2.45) is 0 Å². The van der Waals surface area contributed by atoms with Crippen molar-refractivity contribution in [3.8, 4) is 0 Å². The van der Waals surface area contributed by atoms with Crippen LogP contribution in [0.4, 0.5) is 26.2 Å². The van der Waals surface area contributed by atoms with E-state index in [1.54, 1.807) is 13.0 Å². The highest BCUT2D eigenvalue weighted by Crippen LogP contribution is 2.29. The number of aromatic amines is 1. The molecule has 1 aliphatic heterocycles. The maximum absolute atomic E-state index is 14.0. The van der Waals surface area contributed by atoms with Gasteiger partial charge in [0.25, 0.3) is 0 Å². The van der Waals surface area contributed by atoms with Crippen LogP contribution in [0.15, 0.2) is 36.7 Å². The summed E-state index contributed by atoms with van der Waals surface area (Å²) in [6.45, 7) is 2.54. The van der Waals surface area contributed by atoms with Crippen LogP contribution in [-0.4, -0.2) is 26.8 Å². The van der Waals surface area contributed by atoms with Crippen molar-refractivity contribution >= 4 is 17.5 Å². The minimum Gasteiger partial charge on any atom is -0.372 e. The molecule has 0 spiro atoms. The van der Waals surface area contributed by atoms with Gasteiger partial charge < -0.3 is 15.4 Å². The molecule has 2 aromatic heterocycles. The van der Waals surface area contributed by atoms with E-state index in [-0.39, 0.29) is 6.10 Å². The summed E-state index contributed by atoms with van der Waals surface area (Å²) in [5.41, 5.74) is 1.27. The topological polar surface area (TPSA) is 87.8 Å². The van der Waals surface area contributed by atoms with E-state index in [1.807, 2.05) is 6.07 Å². The first-order chi connectivity index (χ1) is 13.6. The Kier molecular flexibility index (Phi) is 5.16. The number of anilines is 3. The summed E-state index contributed by atoms with van der Waals surface area (Å²) in [6, 6.07) is 6.69. The van der Waals surface area contributed by atoms with Crippen LogP contribution in [0.2, 0.25) is 0 Å². The number of hydrogen-bond donors (Lipinski definition) is 3. The number of ether oxygens (including phenoxy) is 1. The molecule has 0 saturated carbocycles. The number of nitrogens with one attached hydrogen (secondary N) is 3. The molecule has 3 heterocycles. The number of benzene rings is 1. The number of halogens is 2. The molecule has 3 aromatic rings. The van der Waals surface area contributed by atoms with Crippen molar-refractivity contribution in [2.45, 2.75) is 31.9 Å². The van der Waals surface area contributed by atoms with E-state index in [4.69, 9.17) is 4.74 Å². The van der Waals surface area contributed by atoms with E-state index < -0.39 is 17.7 Å². The maximum Gasteiger partial charge on any atom is 0.153 e. The van der Waals surface area contributed by atoms with Gasteiger partial charge >= 0.3 is 0 Å². The van der Waals surface area contributed by atoms with Crippen molar-refractivity contribution in [2.75, 3.05) is 17.2 Å². The molecule has 9 heteroatoms. The predicted octanol–water partition coefficient (Wildman–Crippen LogP) is 4.25. The Hall–Kier alpha value is -3.07. The average Bonchev–Trinajstić information content (AvgIpc) is 3.33. The van der Waals surface area contributed by atoms with Gasteiger partial charge in [-0.25, -0.2) is 18.7 Å². The second kappa shape index (κ2) is 7.89. The second-order valence-electron chi connectivity index (χ2n) is 6.66. The van der Waals surface area contributed by atoms with Gasteiger partial charge in [-0.3, -0.25) is 5.10 Å². The fourth-order valence-corrected chi connectivity index (χ4v) is 3.18. The molecule has 0 bridgehead atoms. The van der Waals surface area contributed by atoms with E-state index in [0.29, 0.717) is 23.0 Å². The molecule has 4 rings (SSSR count). The van der Waals surface area contributed by atoms with Crippen LogP contribution in [0.3, 0.4) is 0 Å². The lowest BCUT2D eigenvalue weighted by molar-refractivity contribution is 0.108. The molecular weight excluding hydrogens is 366 g/mol. The minimum atomic E-state index is -0.608. The van der Waals surface area contributed by atoms with Gasteiger partial charge in [0.05, 0.1) is 17.8 Å². The summed E-state index contributed by atoms with van der Waals surface area (Å²) in [7, 11) is 0. The van der Waals surface area contributed by atoms with Crippen molar-refractivity contribution in [1.82, 2.24) is 20.2 Å². The third-order valence-corrected chi connectivity index (χ3v) is 4.59. The molecule has 7 nitrogen and oxygen atoms in total. The molecule has 1 aliphatic rings. The van der Waals surface area contributed by atoms with Crippen LogP contribution in [0.25, 0.3) is 0 Å². The lowest BCUT2D eigenvalue weighted by Gasteiger charge is -2.16. The van der Waals surface area contributed by atoms with Gasteiger partial charge in [0.1, 0.15) is 29.6 Å². The highest BCUT2D eigenvalue weighted by molar-refractivity contribution is 5.56. The summed E-state index contributed by atoms with van der Waals surface area (Å²) >= 11 is 0. The zero-order valence-electron chi connectivity index (χ0n) is 15.2. The Morgan fingerprint density at radius 1 is 1.14 bits per heavy atom. The minimum absolute atomic E-state index is 0.0529. The maximum atomic E-state index is 14.0. The molecule has 0 radical (unpaired) electrons. The van der Waals surface area contributed by atoms with Gasteiger partial charge in [-0.2, -0.15) is 5.10 Å². The molecular formula is C19H20F2N6O. The van der Waals surface area contributed by atoms with Crippen LogP contribution in [0.1, 0.15) is 43.2 Å². The fraction of sp³-hybridized carbons (Fsp3) is 0.316. The number of nitrogens with zero attached hydrogens (tertiary/aromatic N) is 3. The Balaban J connectivity index is 1.44. The van der Waals surface area contributed by atoms with E-state index >= 15 is 0 Å². The van der Waals surface area contributed by atoms with Crippen LogP contribution in [0, 0.1) is 11.6 Å². The van der Waals surface area contributed by atoms with Crippen LogP contribution < -0.4 is 10.6 Å². The van der Waals surface area contributed by atoms with Crippen molar-refractivity contribution in [1.29, 1.82) is 0 Å². The van der Waals surface area contributed by atoms with Gasteiger partial charge in [0.15, 0.2) is 5.82 Å². The molecule has 2 unspecified atom stereocenters. The van der Waals surface area contributed by atoms with Crippen molar-refractivity contribution in [3.63, 3.8) is 0 Å². The molecule has 3 N–H and O–H groups in total. The molecule has 2 atom stereocenters. The monoisotopic (exact) mass is 386 g/mol. The third-order valence-electron chi connectivity index (χ3n) is 4.59. The lowest BCUT2D eigenvalue weighted by atomic mass is 10.1. The predicted molar refractivity (Wildman–Crippen MR) is 100 cm³/mol. The zero-order chi connectivity index (χ0) is 19.5. The van der Waals surface area contributed by atoms with E-state index in [2.05, 4.69) is 30.8 Å². The molecule has 28 heavy (non-hydrogen) atoms. The number of H-pyrrole nitrogens is 1. The summed E-state index contributed by atoms with van der Waals surface area (Å²) < 4.78 is 32.7. The molecule has 1 saturated heterocycles. The van der Waals surface area contributed by atoms with Gasteiger partial charge in [0.2, 0.25) is 0 Å². The molecule has 1 aromatic carbocycles. The summed E-state index contributed by atoms with van der Waals surface area (Å²) in [6.07, 6.45) is 3.46. The number of rotatable bonds is 6. The Morgan fingerprint density at radius 2 is 2.00 bits per heavy atom. The fourth-order valence-electron chi connectivity index (χ4n) is 3.18. The Morgan fingerprint density at radius 3 is 2.79 bits per heavy atom. The quantitative estimate of drug-likeness (QED) is 0.587. The first-order valence-electron chi connectivity index (χ1n) is 9.06. The standard InChI is InChI=1S/C19H20F2N6O/c1-11(13-5-4-12(20)7-14(13)21)24-17-9-18(23-10-22-17)25-19-8-15(26-27-19)16-3-2-6-28-16/h4-5,7-11,16H,2-3,6H2,1H3,(H3,22,23,24,25,26,27). The Bertz CT molecular complexity index is 957. The molecule has 0 aliphatic carbocycles. The van der Waals surface area contributed by atoms with E-state index in [1.165, 1.54) is 18.5 Å². The molecule has 146 valence electrons. The summed E-state index contributed by atoms with van der Waals surface area (Å²) in [5.74, 6) is 0.444. The van der Waals surface area contributed by atoms with Crippen LogP contribution in [-0.2, 0) is 4.74 Å². The summed E-state index contributed by atoms with van der Waals surface area (Å²) in [5, 5.41) is 13.4. The van der Waals surface area contributed by atoms with Gasteiger partial charge in [0, 0.05) is 30.4 Å². The normalized spacial score (nSPS) is 17.5. The molecule has 1 fully saturated rings. The summed E-state index contributed by atoms with van der Waals surface area (Å²) in [4.78, 5) is 8.33. The van der Waals surface area contributed by atoms with Gasteiger partial charge in [-0.15, -0.1) is 0 Å². The highest BCUT2D eigenvalue weighted by atomic mass is 19.1. The molecule has 0 amide bonds. The Labute approximate surface area is 160 Å².